The van der Waals surface area contributed by atoms with Crippen molar-refractivity contribution in [2.45, 2.75) is 32.7 Å². The number of carbonyl (C=O) groups excluding carboxylic acids is 2. The van der Waals surface area contributed by atoms with Crippen molar-refractivity contribution in [3.05, 3.63) is 58.1 Å². The lowest BCUT2D eigenvalue weighted by Gasteiger charge is -2.07. The van der Waals surface area contributed by atoms with Gasteiger partial charge in [0.25, 0.3) is 5.91 Å². The lowest BCUT2D eigenvalue weighted by molar-refractivity contribution is -0.142. The minimum Gasteiger partial charge on any atom is -0.452 e. The third-order valence-corrected chi connectivity index (χ3v) is 4.62. The molecule has 0 saturated heterocycles. The molecular formula is C20H20ClFN2O3. The van der Waals surface area contributed by atoms with Crippen LogP contribution in [0.25, 0.3) is 6.08 Å². The van der Waals surface area contributed by atoms with Crippen molar-refractivity contribution in [1.82, 2.24) is 4.57 Å². The molecule has 1 aromatic carbocycles. The largest absolute Gasteiger partial charge is 0.452 e. The molecule has 0 atom stereocenters. The zero-order valence-electron chi connectivity index (χ0n) is 15.1. The average molecular weight is 391 g/mol. The Bertz CT molecular complexity index is 916. The third-order valence-electron chi connectivity index (χ3n) is 4.39. The maximum Gasteiger partial charge on any atom is 0.331 e. The second kappa shape index (κ2) is 7.96. The van der Waals surface area contributed by atoms with Gasteiger partial charge in [-0.15, -0.1) is 0 Å². The zero-order valence-corrected chi connectivity index (χ0v) is 15.8. The number of hydrogen-bond donors (Lipinski definition) is 1. The van der Waals surface area contributed by atoms with E-state index in [4.69, 9.17) is 16.3 Å². The Hall–Kier alpha value is -2.60. The lowest BCUT2D eigenvalue weighted by atomic mass is 10.2. The van der Waals surface area contributed by atoms with E-state index in [-0.39, 0.29) is 10.7 Å². The molecule has 2 aromatic rings. The molecule has 0 radical (unpaired) electrons. The van der Waals surface area contributed by atoms with Gasteiger partial charge >= 0.3 is 5.97 Å². The topological polar surface area (TPSA) is 60.3 Å². The molecule has 3 rings (SSSR count). The maximum absolute atomic E-state index is 13.6. The summed E-state index contributed by atoms with van der Waals surface area (Å²) in [7, 11) is 0. The predicted molar refractivity (Wildman–Crippen MR) is 102 cm³/mol. The number of hydrogen-bond acceptors (Lipinski definition) is 3. The number of nitrogens with one attached hydrogen (secondary N) is 1. The van der Waals surface area contributed by atoms with Crippen molar-refractivity contribution in [2.24, 2.45) is 0 Å². The van der Waals surface area contributed by atoms with E-state index < -0.39 is 24.3 Å². The number of aryl methyl sites for hydroxylation is 1. The van der Waals surface area contributed by atoms with Crippen LogP contribution in [-0.2, 0) is 14.3 Å². The van der Waals surface area contributed by atoms with Gasteiger partial charge in [0.05, 0.1) is 5.69 Å². The number of halogens is 2. The Kier molecular flexibility index (Phi) is 5.65. The van der Waals surface area contributed by atoms with Crippen molar-refractivity contribution in [3.8, 4) is 0 Å². The first kappa shape index (κ1) is 19.2. The number of amides is 1. The standard InChI is InChI=1S/C20H20ClFN2O3/c1-12-9-14(13(2)24(12)16-5-6-16)3-8-20(26)27-11-19(25)23-18-7-4-15(21)10-17(18)22/h3-4,7-10,16H,5-6,11H2,1-2H3,(H,23,25)/b8-3+. The smallest absolute Gasteiger partial charge is 0.331 e. The molecule has 1 aromatic heterocycles. The Balaban J connectivity index is 1.53. The van der Waals surface area contributed by atoms with E-state index in [1.54, 1.807) is 6.08 Å². The van der Waals surface area contributed by atoms with Crippen molar-refractivity contribution in [1.29, 1.82) is 0 Å². The number of carbonyl (C=O) groups is 2. The number of ether oxygens (including phenoxy) is 1. The van der Waals surface area contributed by atoms with E-state index in [1.165, 1.54) is 31.1 Å². The van der Waals surface area contributed by atoms with Crippen LogP contribution in [-0.4, -0.2) is 23.1 Å². The lowest BCUT2D eigenvalue weighted by Crippen LogP contribution is -2.20. The molecule has 7 heteroatoms. The zero-order chi connectivity index (χ0) is 19.6. The van der Waals surface area contributed by atoms with E-state index in [0.717, 1.165) is 23.0 Å². The molecule has 142 valence electrons. The average Bonchev–Trinajstić information content (AvgIpc) is 3.39. The molecule has 1 amide bonds. The number of benzene rings is 1. The Morgan fingerprint density at radius 1 is 1.33 bits per heavy atom. The van der Waals surface area contributed by atoms with Crippen LogP contribution in [0.5, 0.6) is 0 Å². The third kappa shape index (κ3) is 4.77. The summed E-state index contributed by atoms with van der Waals surface area (Å²) in [6.45, 7) is 3.55. The van der Waals surface area contributed by atoms with E-state index in [1.807, 2.05) is 19.9 Å². The summed E-state index contributed by atoms with van der Waals surface area (Å²) in [4.78, 5) is 23.6. The Morgan fingerprint density at radius 2 is 2.07 bits per heavy atom. The van der Waals surface area contributed by atoms with Crippen LogP contribution in [0.2, 0.25) is 5.02 Å². The van der Waals surface area contributed by atoms with E-state index in [9.17, 15) is 14.0 Å². The van der Waals surface area contributed by atoms with Crippen LogP contribution in [0.15, 0.2) is 30.3 Å². The van der Waals surface area contributed by atoms with Gasteiger partial charge < -0.3 is 14.6 Å². The molecule has 27 heavy (non-hydrogen) atoms. The Morgan fingerprint density at radius 3 is 2.74 bits per heavy atom. The van der Waals surface area contributed by atoms with Gasteiger partial charge in [0, 0.05) is 28.5 Å². The highest BCUT2D eigenvalue weighted by atomic mass is 35.5. The molecule has 0 aliphatic heterocycles. The number of nitrogens with zero attached hydrogens (tertiary/aromatic N) is 1. The van der Waals surface area contributed by atoms with Crippen LogP contribution in [0.1, 0.15) is 35.8 Å². The van der Waals surface area contributed by atoms with Crippen LogP contribution in [0, 0.1) is 19.7 Å². The quantitative estimate of drug-likeness (QED) is 0.586. The second-order valence-electron chi connectivity index (χ2n) is 6.54. The molecule has 1 saturated carbocycles. The summed E-state index contributed by atoms with van der Waals surface area (Å²) < 4.78 is 20.8. The van der Waals surface area contributed by atoms with Gasteiger partial charge in [-0.2, -0.15) is 0 Å². The summed E-state index contributed by atoms with van der Waals surface area (Å²) in [6.07, 6.45) is 5.34. The highest BCUT2D eigenvalue weighted by molar-refractivity contribution is 6.30. The molecule has 0 unspecified atom stereocenters. The minimum absolute atomic E-state index is 0.0245. The van der Waals surface area contributed by atoms with Gasteiger partial charge in [0.1, 0.15) is 5.82 Å². The van der Waals surface area contributed by atoms with Crippen LogP contribution >= 0.6 is 11.6 Å². The first-order chi connectivity index (χ1) is 12.8. The molecule has 1 fully saturated rings. The summed E-state index contributed by atoms with van der Waals surface area (Å²) in [5.74, 6) is -1.93. The van der Waals surface area contributed by atoms with Gasteiger partial charge in [-0.3, -0.25) is 4.79 Å². The summed E-state index contributed by atoms with van der Waals surface area (Å²) in [5.41, 5.74) is 3.19. The maximum atomic E-state index is 13.6. The predicted octanol–water partition coefficient (Wildman–Crippen LogP) is 4.43. The highest BCUT2D eigenvalue weighted by Gasteiger charge is 2.26. The van der Waals surface area contributed by atoms with Gasteiger partial charge in [-0.25, -0.2) is 9.18 Å². The van der Waals surface area contributed by atoms with Crippen LogP contribution in [0.4, 0.5) is 10.1 Å². The van der Waals surface area contributed by atoms with Crippen molar-refractivity contribution >= 4 is 35.2 Å². The van der Waals surface area contributed by atoms with Gasteiger partial charge in [0.15, 0.2) is 6.61 Å². The molecule has 5 nitrogen and oxygen atoms in total. The molecule has 1 N–H and O–H groups in total. The molecular weight excluding hydrogens is 371 g/mol. The summed E-state index contributed by atoms with van der Waals surface area (Å²) in [6, 6.07) is 6.47. The Labute approximate surface area is 161 Å². The first-order valence-corrected chi connectivity index (χ1v) is 9.01. The summed E-state index contributed by atoms with van der Waals surface area (Å²) in [5, 5.41) is 2.55. The number of aromatic nitrogens is 1. The number of rotatable bonds is 6. The fraction of sp³-hybridized carbons (Fsp3) is 0.300. The highest BCUT2D eigenvalue weighted by Crippen LogP contribution is 2.38. The van der Waals surface area contributed by atoms with Crippen molar-refractivity contribution < 1.29 is 18.7 Å². The monoisotopic (exact) mass is 390 g/mol. The van der Waals surface area contributed by atoms with Gasteiger partial charge in [-0.1, -0.05) is 11.6 Å². The summed E-state index contributed by atoms with van der Waals surface area (Å²) >= 11 is 5.65. The molecule has 1 heterocycles. The molecule has 1 aliphatic carbocycles. The number of anilines is 1. The fourth-order valence-electron chi connectivity index (χ4n) is 2.99. The fourth-order valence-corrected chi connectivity index (χ4v) is 3.14. The minimum atomic E-state index is -0.659. The second-order valence-corrected chi connectivity index (χ2v) is 6.98. The van der Waals surface area contributed by atoms with Gasteiger partial charge in [-0.05, 0) is 62.6 Å². The van der Waals surface area contributed by atoms with Crippen molar-refractivity contribution in [3.63, 3.8) is 0 Å². The van der Waals surface area contributed by atoms with Crippen LogP contribution in [0.3, 0.4) is 0 Å². The van der Waals surface area contributed by atoms with E-state index in [0.29, 0.717) is 6.04 Å². The van der Waals surface area contributed by atoms with Gasteiger partial charge in [0.2, 0.25) is 0 Å². The molecule has 0 spiro atoms. The normalized spacial score (nSPS) is 13.8. The van der Waals surface area contributed by atoms with E-state index in [2.05, 4.69) is 9.88 Å². The van der Waals surface area contributed by atoms with Crippen molar-refractivity contribution in [2.75, 3.05) is 11.9 Å². The van der Waals surface area contributed by atoms with Crippen LogP contribution < -0.4 is 5.32 Å². The SMILES string of the molecule is Cc1cc(/C=C/C(=O)OCC(=O)Nc2ccc(Cl)cc2F)c(C)n1C1CC1. The van der Waals surface area contributed by atoms with E-state index >= 15 is 0 Å². The molecule has 0 bridgehead atoms. The first-order valence-electron chi connectivity index (χ1n) is 8.63. The molecule has 1 aliphatic rings. The number of esters is 1.